The number of aliphatic carboxylic acids is 2. The highest BCUT2D eigenvalue weighted by atomic mass is 19.4. The fourth-order valence-corrected chi connectivity index (χ4v) is 3.45. The van der Waals surface area contributed by atoms with E-state index in [1.54, 1.807) is 12.5 Å². The number of fused-ring (bicyclic) bond motifs is 1. The smallest absolute Gasteiger partial charge is 0.475 e. The second-order valence-electron chi connectivity index (χ2n) is 8.28. The van der Waals surface area contributed by atoms with Crippen molar-refractivity contribution in [3.05, 3.63) is 66.0 Å². The molecule has 16 heteroatoms. The van der Waals surface area contributed by atoms with Crippen LogP contribution in [0.3, 0.4) is 0 Å². The van der Waals surface area contributed by atoms with Crippen LogP contribution < -0.4 is 0 Å². The molecule has 0 fully saturated rings. The molecule has 0 radical (unpaired) electrons. The molecule has 4 heterocycles. The molecular formula is C23H26F6N4O6. The predicted molar refractivity (Wildman–Crippen MR) is 121 cm³/mol. The summed E-state index contributed by atoms with van der Waals surface area (Å²) < 4.78 is 76.8. The second-order valence-corrected chi connectivity index (χ2v) is 8.28. The summed E-state index contributed by atoms with van der Waals surface area (Å²) in [7, 11) is 2.11. The van der Waals surface area contributed by atoms with E-state index in [9.17, 15) is 26.3 Å². The van der Waals surface area contributed by atoms with Gasteiger partial charge in [-0.2, -0.15) is 26.3 Å². The number of nitrogens with zero attached hydrogens (tertiary/aromatic N) is 4. The molecule has 1 aliphatic rings. The average Bonchev–Trinajstić information content (AvgIpc) is 3.57. The van der Waals surface area contributed by atoms with Crippen LogP contribution in [0.5, 0.6) is 0 Å². The van der Waals surface area contributed by atoms with Gasteiger partial charge in [-0.3, -0.25) is 9.80 Å². The lowest BCUT2D eigenvalue weighted by atomic mass is 10.3. The molecule has 10 nitrogen and oxygen atoms in total. The molecule has 1 aliphatic heterocycles. The van der Waals surface area contributed by atoms with Crippen LogP contribution in [0.1, 0.15) is 23.0 Å². The molecule has 3 aromatic heterocycles. The van der Waals surface area contributed by atoms with Crippen molar-refractivity contribution in [3.63, 3.8) is 0 Å². The van der Waals surface area contributed by atoms with Gasteiger partial charge >= 0.3 is 24.3 Å². The highest BCUT2D eigenvalue weighted by Gasteiger charge is 2.38. The monoisotopic (exact) mass is 568 g/mol. The maximum atomic E-state index is 10.6. The van der Waals surface area contributed by atoms with Crippen LogP contribution in [0.2, 0.25) is 0 Å². The van der Waals surface area contributed by atoms with Gasteiger partial charge in [0.1, 0.15) is 17.3 Å². The van der Waals surface area contributed by atoms with Crippen LogP contribution in [0.15, 0.2) is 51.8 Å². The zero-order valence-corrected chi connectivity index (χ0v) is 20.6. The topological polar surface area (TPSA) is 125 Å². The lowest BCUT2D eigenvalue weighted by Crippen LogP contribution is -2.26. The van der Waals surface area contributed by atoms with Crippen molar-refractivity contribution < 1.29 is 55.0 Å². The van der Waals surface area contributed by atoms with Gasteiger partial charge in [0.2, 0.25) is 0 Å². The number of hydrogen-bond donors (Lipinski definition) is 2. The van der Waals surface area contributed by atoms with E-state index in [1.807, 2.05) is 30.5 Å². The lowest BCUT2D eigenvalue weighted by Gasteiger charge is -2.19. The van der Waals surface area contributed by atoms with Crippen LogP contribution in [-0.4, -0.2) is 74.0 Å². The Hall–Kier alpha value is -3.79. The van der Waals surface area contributed by atoms with Crippen molar-refractivity contribution in [1.29, 1.82) is 0 Å². The van der Waals surface area contributed by atoms with Gasteiger partial charge in [-0.25, -0.2) is 14.6 Å². The van der Waals surface area contributed by atoms with Crippen LogP contribution in [0.4, 0.5) is 26.3 Å². The molecule has 0 saturated heterocycles. The number of furan rings is 2. The van der Waals surface area contributed by atoms with Gasteiger partial charge in [0.15, 0.2) is 0 Å². The minimum atomic E-state index is -5.08. The van der Waals surface area contributed by atoms with Gasteiger partial charge in [0, 0.05) is 38.8 Å². The van der Waals surface area contributed by atoms with Crippen LogP contribution in [-0.2, 0) is 42.2 Å². The van der Waals surface area contributed by atoms with E-state index in [2.05, 4.69) is 26.4 Å². The Morgan fingerprint density at radius 2 is 1.46 bits per heavy atom. The number of carboxylic acid groups (broad SMARTS) is 2. The average molecular weight is 568 g/mol. The molecule has 0 aliphatic carbocycles. The number of alkyl halides is 6. The maximum Gasteiger partial charge on any atom is 0.490 e. The minimum Gasteiger partial charge on any atom is -0.475 e. The summed E-state index contributed by atoms with van der Waals surface area (Å²) in [5.41, 5.74) is 1.27. The summed E-state index contributed by atoms with van der Waals surface area (Å²) in [4.78, 5) is 27.1. The first kappa shape index (κ1) is 31.4. The molecule has 39 heavy (non-hydrogen) atoms. The zero-order valence-electron chi connectivity index (χ0n) is 20.6. The Balaban J connectivity index is 0.000000317. The Labute approximate surface area is 218 Å². The standard InChI is InChI=1S/C19H24N4O2.2C2HF3O2/c1-21(14-17-4-2-10-24-17)13-16-12-20-19-6-7-22(8-9-23(16)19)15-18-5-3-11-25-18;2*3-2(4,5)1(6)7/h2-5,10-12H,6-9,13-15H2,1H3;2*(H,6,7). The third-order valence-electron chi connectivity index (χ3n) is 5.19. The van der Waals surface area contributed by atoms with Crippen molar-refractivity contribution in [1.82, 2.24) is 19.4 Å². The number of imidazole rings is 1. The van der Waals surface area contributed by atoms with Crippen LogP contribution in [0, 0.1) is 0 Å². The third-order valence-corrected chi connectivity index (χ3v) is 5.19. The number of aromatic nitrogens is 2. The summed E-state index contributed by atoms with van der Waals surface area (Å²) in [6.07, 6.45) is -3.70. The largest absolute Gasteiger partial charge is 0.490 e. The van der Waals surface area contributed by atoms with Crippen molar-refractivity contribution in [2.45, 2.75) is 45.0 Å². The number of carboxylic acids is 2. The van der Waals surface area contributed by atoms with Gasteiger partial charge < -0.3 is 23.6 Å². The molecule has 0 spiro atoms. The van der Waals surface area contributed by atoms with E-state index >= 15 is 0 Å². The number of halogens is 6. The molecular weight excluding hydrogens is 542 g/mol. The highest BCUT2D eigenvalue weighted by Crippen LogP contribution is 2.17. The Bertz CT molecular complexity index is 1140. The van der Waals surface area contributed by atoms with Gasteiger partial charge in [-0.1, -0.05) is 0 Å². The molecule has 2 N–H and O–H groups in total. The SMILES string of the molecule is CN(Cc1ccco1)Cc1cnc2n1CCN(Cc1ccco1)CC2.O=C(O)C(F)(F)F.O=C(O)C(F)(F)F. The Morgan fingerprint density at radius 1 is 0.923 bits per heavy atom. The van der Waals surface area contributed by atoms with E-state index in [1.165, 1.54) is 11.5 Å². The highest BCUT2D eigenvalue weighted by molar-refractivity contribution is 5.73. The van der Waals surface area contributed by atoms with Gasteiger partial charge in [-0.15, -0.1) is 0 Å². The molecule has 216 valence electrons. The number of rotatable bonds is 6. The summed E-state index contributed by atoms with van der Waals surface area (Å²) >= 11 is 0. The van der Waals surface area contributed by atoms with E-state index < -0.39 is 24.3 Å². The second kappa shape index (κ2) is 13.8. The van der Waals surface area contributed by atoms with Gasteiger partial charge in [0.25, 0.3) is 0 Å². The molecule has 4 rings (SSSR count). The maximum absolute atomic E-state index is 10.6. The summed E-state index contributed by atoms with van der Waals surface area (Å²) in [5, 5.41) is 14.2. The van der Waals surface area contributed by atoms with E-state index in [0.29, 0.717) is 0 Å². The fourth-order valence-electron chi connectivity index (χ4n) is 3.45. The predicted octanol–water partition coefficient (Wildman–Crippen LogP) is 4.03. The summed E-state index contributed by atoms with van der Waals surface area (Å²) in [6.45, 7) is 5.54. The normalized spacial score (nSPS) is 13.9. The molecule has 0 bridgehead atoms. The number of hydrogen-bond acceptors (Lipinski definition) is 7. The first-order chi connectivity index (χ1) is 18.2. The van der Waals surface area contributed by atoms with Crippen molar-refractivity contribution in [2.24, 2.45) is 0 Å². The first-order valence-electron chi connectivity index (χ1n) is 11.3. The van der Waals surface area contributed by atoms with E-state index in [4.69, 9.17) is 28.6 Å². The van der Waals surface area contributed by atoms with Crippen molar-refractivity contribution in [3.8, 4) is 0 Å². The molecule has 3 aromatic rings. The van der Waals surface area contributed by atoms with Crippen molar-refractivity contribution in [2.75, 3.05) is 20.1 Å². The Morgan fingerprint density at radius 3 is 1.95 bits per heavy atom. The van der Waals surface area contributed by atoms with Crippen LogP contribution >= 0.6 is 0 Å². The zero-order chi connectivity index (χ0) is 29.2. The molecule has 0 aromatic carbocycles. The number of carbonyl (C=O) groups is 2. The molecule has 0 atom stereocenters. The van der Waals surface area contributed by atoms with Gasteiger partial charge in [-0.05, 0) is 31.3 Å². The molecule has 0 amide bonds. The fraction of sp³-hybridized carbons (Fsp3) is 0.435. The van der Waals surface area contributed by atoms with E-state index in [-0.39, 0.29) is 0 Å². The third kappa shape index (κ3) is 10.8. The lowest BCUT2D eigenvalue weighted by molar-refractivity contribution is -0.193. The Kier molecular flexibility index (Phi) is 11.2. The van der Waals surface area contributed by atoms with Gasteiger partial charge in [0.05, 0.1) is 31.3 Å². The van der Waals surface area contributed by atoms with Crippen LogP contribution in [0.25, 0.3) is 0 Å². The first-order valence-corrected chi connectivity index (χ1v) is 11.3. The summed E-state index contributed by atoms with van der Waals surface area (Å²) in [6, 6.07) is 7.94. The molecule has 0 saturated carbocycles. The summed E-state index contributed by atoms with van der Waals surface area (Å²) in [5.74, 6) is -2.32. The van der Waals surface area contributed by atoms with Crippen molar-refractivity contribution >= 4 is 11.9 Å². The molecule has 0 unspecified atom stereocenters. The van der Waals surface area contributed by atoms with E-state index in [0.717, 1.165) is 57.2 Å². The minimum absolute atomic E-state index is 0.804. The quantitative estimate of drug-likeness (QED) is 0.424.